The summed E-state index contributed by atoms with van der Waals surface area (Å²) in [7, 11) is 0. The third kappa shape index (κ3) is 7.83. The third-order valence-corrected chi connectivity index (χ3v) is 4.95. The molecule has 3 amide bonds. The molecule has 7 heteroatoms. The summed E-state index contributed by atoms with van der Waals surface area (Å²) in [5.41, 5.74) is 1.40. The first-order valence-corrected chi connectivity index (χ1v) is 10.5. The number of urea groups is 1. The average Bonchev–Trinajstić information content (AvgIpc) is 2.68. The maximum atomic E-state index is 12.0. The van der Waals surface area contributed by atoms with Crippen molar-refractivity contribution in [2.75, 3.05) is 32.8 Å². The molecule has 1 fully saturated rings. The molecule has 0 atom stereocenters. The van der Waals surface area contributed by atoms with Gasteiger partial charge in [-0.15, -0.1) is 0 Å². The van der Waals surface area contributed by atoms with Gasteiger partial charge < -0.3 is 25.0 Å². The number of rotatable bonds is 7. The molecule has 162 valence electrons. The van der Waals surface area contributed by atoms with Crippen LogP contribution in [0.2, 0.25) is 0 Å². The maximum absolute atomic E-state index is 12.0. The fourth-order valence-electron chi connectivity index (χ4n) is 3.17. The van der Waals surface area contributed by atoms with Crippen molar-refractivity contribution in [3.63, 3.8) is 0 Å². The normalized spacial score (nSPS) is 15.0. The number of nitrogens with one attached hydrogen (secondary N) is 2. The van der Waals surface area contributed by atoms with Crippen molar-refractivity contribution in [2.45, 2.75) is 58.4 Å². The molecule has 0 spiro atoms. The van der Waals surface area contributed by atoms with Gasteiger partial charge in [0.15, 0.2) is 0 Å². The van der Waals surface area contributed by atoms with E-state index in [1.165, 1.54) is 5.56 Å². The van der Waals surface area contributed by atoms with E-state index in [0.717, 1.165) is 25.0 Å². The lowest BCUT2D eigenvalue weighted by Crippen LogP contribution is -2.49. The molecule has 1 saturated heterocycles. The predicted octanol–water partition coefficient (Wildman–Crippen LogP) is 3.67. The summed E-state index contributed by atoms with van der Waals surface area (Å²) in [6.45, 7) is 11.0. The number of hydrogen-bond donors (Lipinski definition) is 2. The van der Waals surface area contributed by atoms with Crippen LogP contribution in [-0.2, 0) is 10.2 Å². The second kappa shape index (κ2) is 10.9. The standard InChI is InChI=1S/C22H35N3O4/c1-5-28-21(27)25-14-11-18(12-15-25)24-20(26)23-13-6-16-29-19-9-7-17(8-10-19)22(2,3)4/h7-10,18H,5-6,11-16H2,1-4H3,(H2,23,24,26). The van der Waals surface area contributed by atoms with E-state index in [1.54, 1.807) is 11.8 Å². The van der Waals surface area contributed by atoms with Gasteiger partial charge in [-0.25, -0.2) is 9.59 Å². The molecule has 1 aliphatic rings. The first kappa shape index (κ1) is 22.8. The molecule has 1 aliphatic heterocycles. The van der Waals surface area contributed by atoms with Crippen molar-refractivity contribution < 1.29 is 19.1 Å². The molecular weight excluding hydrogens is 370 g/mol. The topological polar surface area (TPSA) is 79.9 Å². The van der Waals surface area contributed by atoms with Crippen molar-refractivity contribution in [1.29, 1.82) is 0 Å². The Hall–Kier alpha value is -2.44. The van der Waals surface area contributed by atoms with Gasteiger partial charge in [0, 0.05) is 25.7 Å². The first-order chi connectivity index (χ1) is 13.8. The third-order valence-electron chi connectivity index (χ3n) is 4.95. The highest BCUT2D eigenvalue weighted by atomic mass is 16.6. The van der Waals surface area contributed by atoms with Gasteiger partial charge in [-0.2, -0.15) is 0 Å². The summed E-state index contributed by atoms with van der Waals surface area (Å²) in [5.74, 6) is 0.843. The van der Waals surface area contributed by atoms with Gasteiger partial charge in [0.1, 0.15) is 5.75 Å². The minimum absolute atomic E-state index is 0.0817. The van der Waals surface area contributed by atoms with E-state index in [1.807, 2.05) is 12.1 Å². The Kier molecular flexibility index (Phi) is 8.61. The molecule has 1 aromatic rings. The number of hydrogen-bond acceptors (Lipinski definition) is 4. The fraction of sp³-hybridized carbons (Fsp3) is 0.636. The van der Waals surface area contributed by atoms with Crippen LogP contribution in [0.1, 0.15) is 52.5 Å². The first-order valence-electron chi connectivity index (χ1n) is 10.5. The van der Waals surface area contributed by atoms with E-state index in [2.05, 4.69) is 43.5 Å². The van der Waals surface area contributed by atoms with Gasteiger partial charge >= 0.3 is 12.1 Å². The van der Waals surface area contributed by atoms with Crippen LogP contribution in [0.5, 0.6) is 5.75 Å². The number of piperidine rings is 1. The highest BCUT2D eigenvalue weighted by molar-refractivity contribution is 5.74. The molecule has 7 nitrogen and oxygen atoms in total. The van der Waals surface area contributed by atoms with E-state index < -0.39 is 0 Å². The number of benzene rings is 1. The van der Waals surface area contributed by atoms with Crippen molar-refractivity contribution in [2.24, 2.45) is 0 Å². The van der Waals surface area contributed by atoms with Crippen LogP contribution in [0.4, 0.5) is 9.59 Å². The van der Waals surface area contributed by atoms with Gasteiger partial charge in [-0.05, 0) is 49.3 Å². The Morgan fingerprint density at radius 2 is 1.79 bits per heavy atom. The smallest absolute Gasteiger partial charge is 0.409 e. The lowest BCUT2D eigenvalue weighted by molar-refractivity contribution is 0.0957. The van der Waals surface area contributed by atoms with Crippen LogP contribution in [-0.4, -0.2) is 55.9 Å². The predicted molar refractivity (Wildman–Crippen MR) is 113 cm³/mol. The number of likely N-dealkylation sites (tertiary alicyclic amines) is 1. The number of amides is 3. The van der Waals surface area contributed by atoms with E-state index in [4.69, 9.17) is 9.47 Å². The summed E-state index contributed by atoms with van der Waals surface area (Å²) in [6, 6.07) is 8.07. The summed E-state index contributed by atoms with van der Waals surface area (Å²) in [5, 5.41) is 5.83. The highest BCUT2D eigenvalue weighted by Gasteiger charge is 2.24. The maximum Gasteiger partial charge on any atom is 0.409 e. The molecule has 1 aromatic carbocycles. The summed E-state index contributed by atoms with van der Waals surface area (Å²) < 4.78 is 10.7. The molecular formula is C22H35N3O4. The molecule has 2 rings (SSSR count). The second-order valence-corrected chi connectivity index (χ2v) is 8.34. The Morgan fingerprint density at radius 1 is 1.14 bits per heavy atom. The zero-order valence-electron chi connectivity index (χ0n) is 18.1. The van der Waals surface area contributed by atoms with Crippen molar-refractivity contribution in [3.05, 3.63) is 29.8 Å². The number of carbonyl (C=O) groups is 2. The zero-order chi connectivity index (χ0) is 21.3. The van der Waals surface area contributed by atoms with E-state index in [-0.39, 0.29) is 23.6 Å². The fourth-order valence-corrected chi connectivity index (χ4v) is 3.17. The van der Waals surface area contributed by atoms with E-state index >= 15 is 0 Å². The number of carbonyl (C=O) groups excluding carboxylic acids is 2. The quantitative estimate of drug-likeness (QED) is 0.678. The highest BCUT2D eigenvalue weighted by Crippen LogP contribution is 2.24. The Bertz CT molecular complexity index is 647. The minimum atomic E-state index is -0.275. The Morgan fingerprint density at radius 3 is 2.38 bits per heavy atom. The molecule has 0 aliphatic carbocycles. The van der Waals surface area contributed by atoms with Crippen LogP contribution in [0.25, 0.3) is 0 Å². The van der Waals surface area contributed by atoms with Crippen LogP contribution >= 0.6 is 0 Å². The number of nitrogens with zero attached hydrogens (tertiary/aromatic N) is 1. The second-order valence-electron chi connectivity index (χ2n) is 8.34. The lowest BCUT2D eigenvalue weighted by atomic mass is 9.87. The molecule has 0 unspecified atom stereocenters. The van der Waals surface area contributed by atoms with E-state index in [0.29, 0.717) is 32.8 Å². The van der Waals surface area contributed by atoms with E-state index in [9.17, 15) is 9.59 Å². The van der Waals surface area contributed by atoms with Gasteiger partial charge in [0.25, 0.3) is 0 Å². The molecule has 0 saturated carbocycles. The van der Waals surface area contributed by atoms with Crippen LogP contribution in [0.15, 0.2) is 24.3 Å². The van der Waals surface area contributed by atoms with Crippen LogP contribution in [0, 0.1) is 0 Å². The Balaban J connectivity index is 1.57. The van der Waals surface area contributed by atoms with Gasteiger partial charge in [-0.1, -0.05) is 32.9 Å². The van der Waals surface area contributed by atoms with Gasteiger partial charge in [0.05, 0.1) is 13.2 Å². The Labute approximate surface area is 174 Å². The van der Waals surface area contributed by atoms with Crippen LogP contribution < -0.4 is 15.4 Å². The van der Waals surface area contributed by atoms with Crippen molar-refractivity contribution in [3.8, 4) is 5.75 Å². The van der Waals surface area contributed by atoms with Crippen molar-refractivity contribution in [1.82, 2.24) is 15.5 Å². The zero-order valence-corrected chi connectivity index (χ0v) is 18.1. The summed E-state index contributed by atoms with van der Waals surface area (Å²) >= 11 is 0. The van der Waals surface area contributed by atoms with Gasteiger partial charge in [0.2, 0.25) is 0 Å². The summed E-state index contributed by atoms with van der Waals surface area (Å²) in [6.07, 6.45) is 1.93. The summed E-state index contributed by atoms with van der Waals surface area (Å²) in [4.78, 5) is 25.4. The van der Waals surface area contributed by atoms with Crippen molar-refractivity contribution >= 4 is 12.1 Å². The molecule has 1 heterocycles. The molecule has 0 bridgehead atoms. The SMILES string of the molecule is CCOC(=O)N1CCC(NC(=O)NCCCOc2ccc(C(C)(C)C)cc2)CC1. The monoisotopic (exact) mass is 405 g/mol. The minimum Gasteiger partial charge on any atom is -0.494 e. The largest absolute Gasteiger partial charge is 0.494 e. The molecule has 0 radical (unpaired) electrons. The van der Waals surface area contributed by atoms with Crippen LogP contribution in [0.3, 0.4) is 0 Å². The molecule has 0 aromatic heterocycles. The number of ether oxygens (including phenoxy) is 2. The van der Waals surface area contributed by atoms with Gasteiger partial charge in [-0.3, -0.25) is 0 Å². The molecule has 29 heavy (non-hydrogen) atoms. The molecule has 2 N–H and O–H groups in total. The lowest BCUT2D eigenvalue weighted by Gasteiger charge is -2.31. The average molecular weight is 406 g/mol.